The van der Waals surface area contributed by atoms with Crippen LogP contribution in [0.3, 0.4) is 0 Å². The van der Waals surface area contributed by atoms with Crippen LogP contribution in [0.25, 0.3) is 236 Å². The van der Waals surface area contributed by atoms with E-state index >= 15 is 0 Å². The van der Waals surface area contributed by atoms with Crippen molar-refractivity contribution in [3.8, 4) is 89.4 Å². The van der Waals surface area contributed by atoms with Crippen LogP contribution < -0.4 is 0 Å². The molecule has 12 heterocycles. The summed E-state index contributed by atoms with van der Waals surface area (Å²) in [6.45, 7) is 0. The summed E-state index contributed by atoms with van der Waals surface area (Å²) in [5, 5.41) is 13.9. The third kappa shape index (κ3) is 11.6. The van der Waals surface area contributed by atoms with Gasteiger partial charge in [-0.3, -0.25) is 13.2 Å². The van der Waals surface area contributed by atoms with Crippen LogP contribution in [0.2, 0.25) is 0 Å². The lowest BCUT2D eigenvalue weighted by Gasteiger charge is -2.11. The molecule has 0 bridgehead atoms. The minimum Gasteiger partial charge on any atom is -0.456 e. The molecule has 0 spiro atoms. The maximum Gasteiger partial charge on any atom is 0.165 e. The Hall–Kier alpha value is -16.0. The summed E-state index contributed by atoms with van der Waals surface area (Å²) < 4.78 is 20.9. The van der Waals surface area contributed by atoms with Crippen molar-refractivity contribution in [3.63, 3.8) is 0 Å². The van der Waals surface area contributed by atoms with Crippen LogP contribution in [-0.2, 0) is 0 Å². The summed E-state index contributed by atoms with van der Waals surface area (Å²) in [6.07, 6.45) is 6.09. The first-order valence-corrected chi connectivity index (χ1v) is 41.0. The number of fused-ring (bicyclic) bond motifs is 24. The smallest absolute Gasteiger partial charge is 0.165 e. The average Bonchev–Trinajstić information content (AvgIpc) is 1.57. The highest BCUT2D eigenvalue weighted by Gasteiger charge is 2.21. The van der Waals surface area contributed by atoms with Gasteiger partial charge in [0.15, 0.2) is 16.9 Å². The molecule has 0 aliphatic carbocycles. The number of para-hydroxylation sites is 2. The lowest BCUT2D eigenvalue weighted by atomic mass is 9.95. The van der Waals surface area contributed by atoms with Crippen LogP contribution >= 0.6 is 11.3 Å². The molecule has 560 valence electrons. The lowest BCUT2D eigenvalue weighted by molar-refractivity contribution is 0.668. The number of aromatic nitrogens is 9. The van der Waals surface area contributed by atoms with Gasteiger partial charge in [0.1, 0.15) is 55.8 Å². The van der Waals surface area contributed by atoms with E-state index < -0.39 is 0 Å². The molecule has 0 unspecified atom stereocenters. The second kappa shape index (κ2) is 27.9. The van der Waals surface area contributed by atoms with E-state index in [0.717, 1.165) is 172 Å². The van der Waals surface area contributed by atoms with Crippen molar-refractivity contribution in [1.82, 2.24) is 43.1 Å². The number of imidazole rings is 3. The van der Waals surface area contributed by atoms with Crippen LogP contribution in [0, 0.1) is 0 Å². The maximum absolute atomic E-state index is 6.01. The molecule has 14 aromatic carbocycles. The fourth-order valence-electron chi connectivity index (χ4n) is 17.6. The standard InChI is InChI=1S/C38H23N3O.C38H23N3S.C32H19N3O/c1-2-9-31-30(8-1)36(40-38-37(31)39-35-11-5-6-22-41(35)38)27-18-16-25(17-19-27)24-12-14-26(15-13-24)28-20-21-34-32(23-28)29-7-3-4-10-33(29)42-34;1-2-15-31-30(14-1)36(40-38-37(31)39-35-17-5-6-20-41(35)38)28-12-8-11-26(22-28)24-9-7-10-25(21-24)27-18-19-34-32(23-27)29-13-3-4-16-33(29)42-34;1-2-9-25-24(8-1)30(34-32-31(25)33-29-11-5-6-18-35(29)32)21-14-12-20(13-15-21)22-16-17-28-26(19-22)23-7-3-4-10-27(23)36-28/h2*1-23H;1-19H. The summed E-state index contributed by atoms with van der Waals surface area (Å²) >= 11 is 1.86. The summed E-state index contributed by atoms with van der Waals surface area (Å²) in [5.41, 5.74) is 29.8. The molecular formula is C108H65N9O2S. The molecule has 26 rings (SSSR count). The van der Waals surface area contributed by atoms with Crippen LogP contribution in [-0.4, -0.2) is 43.1 Å². The molecule has 26 aromatic rings. The number of nitrogens with zero attached hydrogens (tertiary/aromatic N) is 9. The fourth-order valence-corrected chi connectivity index (χ4v) is 18.7. The van der Waals surface area contributed by atoms with Gasteiger partial charge in [0.05, 0.1) is 17.1 Å². The Kier molecular flexibility index (Phi) is 15.9. The van der Waals surface area contributed by atoms with Crippen LogP contribution in [0.4, 0.5) is 0 Å². The van der Waals surface area contributed by atoms with Gasteiger partial charge in [-0.05, 0) is 159 Å². The molecule has 12 aromatic heterocycles. The molecule has 0 saturated carbocycles. The average molecular weight is 1550 g/mol. The van der Waals surface area contributed by atoms with Crippen molar-refractivity contribution in [2.24, 2.45) is 0 Å². The molecular weight excluding hydrogens is 1490 g/mol. The van der Waals surface area contributed by atoms with Crippen LogP contribution in [0.5, 0.6) is 0 Å². The molecule has 0 atom stereocenters. The van der Waals surface area contributed by atoms with Gasteiger partial charge >= 0.3 is 0 Å². The Bertz CT molecular complexity index is 8630. The number of rotatable bonds is 8. The van der Waals surface area contributed by atoms with Crippen LogP contribution in [0.15, 0.2) is 404 Å². The monoisotopic (exact) mass is 1550 g/mol. The molecule has 0 saturated heterocycles. The molecule has 0 aliphatic heterocycles. The molecule has 0 aliphatic rings. The van der Waals surface area contributed by atoms with Crippen molar-refractivity contribution >= 4 is 158 Å². The van der Waals surface area contributed by atoms with E-state index in [1.807, 2.05) is 109 Å². The van der Waals surface area contributed by atoms with E-state index in [9.17, 15) is 0 Å². The van der Waals surface area contributed by atoms with Gasteiger partial charge in [-0.25, -0.2) is 29.9 Å². The summed E-state index contributed by atoms with van der Waals surface area (Å²) in [5.74, 6) is 0. The largest absolute Gasteiger partial charge is 0.456 e. The van der Waals surface area contributed by atoms with Crippen molar-refractivity contribution in [2.45, 2.75) is 0 Å². The number of pyridine rings is 6. The Morgan fingerprint density at radius 3 is 0.917 bits per heavy atom. The minimum atomic E-state index is 0.876. The van der Waals surface area contributed by atoms with Gasteiger partial charge in [0.2, 0.25) is 0 Å². The van der Waals surface area contributed by atoms with Gasteiger partial charge in [-0.2, -0.15) is 0 Å². The summed E-state index contributed by atoms with van der Waals surface area (Å²) in [6, 6.07) is 132. The predicted octanol–water partition coefficient (Wildman–Crippen LogP) is 28.6. The van der Waals surface area contributed by atoms with E-state index in [1.165, 1.54) is 64.7 Å². The second-order valence-corrected chi connectivity index (χ2v) is 31.6. The van der Waals surface area contributed by atoms with Crippen molar-refractivity contribution in [2.75, 3.05) is 0 Å². The first kappa shape index (κ1) is 68.4. The van der Waals surface area contributed by atoms with E-state index in [1.54, 1.807) is 0 Å². The number of hydrogen-bond acceptors (Lipinski definition) is 9. The minimum absolute atomic E-state index is 0.876. The number of furan rings is 2. The SMILES string of the molecule is c1cc(-c2cccc(-c3nc4c(nc5ccccn54)c4ccccc34)c2)cc(-c2ccc3sc4ccccc4c3c2)c1.c1ccc2c(c1)oc1ccc(-c3ccc(-c4ccc(-c5nc6c(nc7ccccn76)c6ccccc56)cc4)cc3)cc12.c1ccc2c(c1)oc1ccc(-c3ccc(-c4nc5c(nc6ccccn65)c5ccccc45)cc3)cc12. The highest BCUT2D eigenvalue weighted by atomic mass is 32.1. The van der Waals surface area contributed by atoms with Gasteiger partial charge in [-0.15, -0.1) is 11.3 Å². The Morgan fingerprint density at radius 2 is 0.475 bits per heavy atom. The zero-order valence-electron chi connectivity index (χ0n) is 64.3. The van der Waals surface area contributed by atoms with Gasteiger partial charge in [0.25, 0.3) is 0 Å². The van der Waals surface area contributed by atoms with E-state index in [-0.39, 0.29) is 0 Å². The zero-order chi connectivity index (χ0) is 78.9. The van der Waals surface area contributed by atoms with E-state index in [4.69, 9.17) is 38.7 Å². The topological polar surface area (TPSA) is 117 Å². The molecule has 0 N–H and O–H groups in total. The molecule has 0 radical (unpaired) electrons. The Balaban J connectivity index is 0.000000103. The molecule has 12 heteroatoms. The van der Waals surface area contributed by atoms with Gasteiger partial charge in [0, 0.05) is 109 Å². The quantitative estimate of drug-likeness (QED) is 0.148. The number of hydrogen-bond donors (Lipinski definition) is 0. The predicted molar refractivity (Wildman–Crippen MR) is 495 cm³/mol. The highest BCUT2D eigenvalue weighted by molar-refractivity contribution is 7.25. The lowest BCUT2D eigenvalue weighted by Crippen LogP contribution is -1.92. The maximum atomic E-state index is 6.01. The number of benzene rings is 14. The third-order valence-electron chi connectivity index (χ3n) is 23.5. The first-order valence-electron chi connectivity index (χ1n) is 40.2. The Labute approximate surface area is 689 Å². The molecule has 0 fully saturated rings. The van der Waals surface area contributed by atoms with Crippen molar-refractivity contribution < 1.29 is 8.83 Å². The molecule has 0 amide bonds. The second-order valence-electron chi connectivity index (χ2n) is 30.5. The molecule has 11 nitrogen and oxygen atoms in total. The summed E-state index contributed by atoms with van der Waals surface area (Å²) in [4.78, 5) is 30.1. The third-order valence-corrected chi connectivity index (χ3v) is 24.6. The van der Waals surface area contributed by atoms with Crippen LogP contribution in [0.1, 0.15) is 0 Å². The zero-order valence-corrected chi connectivity index (χ0v) is 65.1. The highest BCUT2D eigenvalue weighted by Crippen LogP contribution is 2.43. The van der Waals surface area contributed by atoms with Crippen molar-refractivity contribution in [1.29, 1.82) is 0 Å². The van der Waals surface area contributed by atoms with Crippen molar-refractivity contribution in [3.05, 3.63) is 395 Å². The normalized spacial score (nSPS) is 11.8. The van der Waals surface area contributed by atoms with Gasteiger partial charge < -0.3 is 8.83 Å². The van der Waals surface area contributed by atoms with Gasteiger partial charge in [-0.1, -0.05) is 273 Å². The first-order chi connectivity index (χ1) is 59.4. The number of thiophene rings is 1. The van der Waals surface area contributed by atoms with E-state index in [2.05, 4.69) is 310 Å². The molecule has 120 heavy (non-hydrogen) atoms. The summed E-state index contributed by atoms with van der Waals surface area (Å²) in [7, 11) is 0. The Morgan fingerprint density at radius 1 is 0.183 bits per heavy atom. The fraction of sp³-hybridized carbons (Fsp3) is 0. The van der Waals surface area contributed by atoms with E-state index in [0.29, 0.717) is 0 Å².